The molecular weight excluding hydrogens is 475 g/mol. The van der Waals surface area contributed by atoms with E-state index in [9.17, 15) is 23.2 Å². The molecule has 2 heterocycles. The van der Waals surface area contributed by atoms with Crippen molar-refractivity contribution in [3.8, 4) is 23.1 Å². The van der Waals surface area contributed by atoms with E-state index in [0.29, 0.717) is 25.1 Å². The zero-order chi connectivity index (χ0) is 23.0. The van der Waals surface area contributed by atoms with Crippen molar-refractivity contribution in [2.75, 3.05) is 7.11 Å². The second-order valence-electron chi connectivity index (χ2n) is 7.89. The highest BCUT2D eigenvalue weighted by Gasteiger charge is 2.41. The Morgan fingerprint density at radius 1 is 1.35 bits per heavy atom. The number of hydrogen-bond acceptors (Lipinski definition) is 3. The van der Waals surface area contributed by atoms with E-state index in [1.54, 1.807) is 19.2 Å². The lowest BCUT2D eigenvalue weighted by Crippen LogP contribution is -2.48. The maximum Gasteiger partial charge on any atom is 0.392 e. The molecule has 0 saturated heterocycles. The van der Waals surface area contributed by atoms with E-state index in [1.165, 1.54) is 0 Å². The lowest BCUT2D eigenvalue weighted by atomic mass is 9.95. The number of hydrogen-bond donors (Lipinski definition) is 1. The Kier molecular flexibility index (Phi) is 6.42. The fraction of sp³-hybridized carbons (Fsp3) is 0.455. The molecule has 3 rings (SSSR count). The number of fused-ring (bicyclic) bond motifs is 3. The van der Waals surface area contributed by atoms with Gasteiger partial charge in [-0.1, -0.05) is 13.3 Å². The molecule has 0 unspecified atom stereocenters. The summed E-state index contributed by atoms with van der Waals surface area (Å²) in [5, 5.41) is 11.6. The fourth-order valence-electron chi connectivity index (χ4n) is 4.04. The van der Waals surface area contributed by atoms with Gasteiger partial charge in [0.1, 0.15) is 17.0 Å². The minimum atomic E-state index is -4.58. The van der Waals surface area contributed by atoms with Crippen LogP contribution in [0.5, 0.6) is 5.75 Å². The summed E-state index contributed by atoms with van der Waals surface area (Å²) in [5.74, 6) is 0.0265. The minimum Gasteiger partial charge on any atom is -0.496 e. The molecule has 166 valence electrons. The quantitative estimate of drug-likeness (QED) is 0.580. The number of methoxy groups -OCH3 is 1. The van der Waals surface area contributed by atoms with Gasteiger partial charge in [-0.25, -0.2) is 0 Å². The number of benzene rings is 1. The van der Waals surface area contributed by atoms with Gasteiger partial charge in [0.2, 0.25) is 0 Å². The van der Waals surface area contributed by atoms with Crippen LogP contribution in [0.25, 0.3) is 11.3 Å². The summed E-state index contributed by atoms with van der Waals surface area (Å²) in [6.45, 7) is 3.61. The van der Waals surface area contributed by atoms with Crippen LogP contribution in [0.1, 0.15) is 48.3 Å². The average Bonchev–Trinajstić information content (AvgIpc) is 3.05. The van der Waals surface area contributed by atoms with Crippen LogP contribution < -0.4 is 10.1 Å². The van der Waals surface area contributed by atoms with Crippen molar-refractivity contribution in [2.24, 2.45) is 0 Å². The molecule has 1 amide bonds. The summed E-state index contributed by atoms with van der Waals surface area (Å²) in [4.78, 5) is 13.0. The first-order valence-electron chi connectivity index (χ1n) is 9.91. The summed E-state index contributed by atoms with van der Waals surface area (Å²) in [6.07, 6.45) is -3.80. The van der Waals surface area contributed by atoms with Crippen molar-refractivity contribution in [3.05, 3.63) is 39.5 Å². The molecule has 0 fully saturated rings. The summed E-state index contributed by atoms with van der Waals surface area (Å²) in [6, 6.07) is 7.24. The molecule has 0 aliphatic carbocycles. The van der Waals surface area contributed by atoms with Gasteiger partial charge in [-0.15, -0.1) is 0 Å². The zero-order valence-corrected chi connectivity index (χ0v) is 19.1. The van der Waals surface area contributed by atoms with E-state index in [2.05, 4.69) is 21.2 Å². The molecule has 1 aliphatic rings. The standard InChI is InChI=1S/C22H23BrF3N3O2/c1-4-5-14-8-17(20(30)28-21(2,12-27)11-22(24,25)26)29-7-6-13-9-18(31-3)16(23)10-15(13)19(14)29/h8-10H,4-7,11H2,1-3H3,(H,28,30)/t21-/m0/s1. The second kappa shape index (κ2) is 8.58. The van der Waals surface area contributed by atoms with Crippen LogP contribution in [0, 0.1) is 11.3 Å². The van der Waals surface area contributed by atoms with Crippen molar-refractivity contribution < 1.29 is 22.7 Å². The van der Waals surface area contributed by atoms with Crippen LogP contribution in [-0.2, 0) is 19.4 Å². The predicted molar refractivity (Wildman–Crippen MR) is 114 cm³/mol. The van der Waals surface area contributed by atoms with Gasteiger partial charge in [-0.05, 0) is 65.0 Å². The SMILES string of the molecule is CCCc1cc(C(=O)N[C@](C)(C#N)CC(F)(F)F)n2c1-c1cc(Br)c(OC)cc1CC2. The van der Waals surface area contributed by atoms with Gasteiger partial charge in [0.15, 0.2) is 0 Å². The van der Waals surface area contributed by atoms with Gasteiger partial charge in [0.05, 0.1) is 29.8 Å². The third kappa shape index (κ3) is 4.74. The lowest BCUT2D eigenvalue weighted by molar-refractivity contribution is -0.143. The average molecular weight is 498 g/mol. The highest BCUT2D eigenvalue weighted by Crippen LogP contribution is 2.40. The third-order valence-electron chi connectivity index (χ3n) is 5.36. The predicted octanol–water partition coefficient (Wildman–Crippen LogP) is 5.40. The Hall–Kier alpha value is -2.47. The van der Waals surface area contributed by atoms with Gasteiger partial charge < -0.3 is 14.6 Å². The number of nitriles is 1. The van der Waals surface area contributed by atoms with Crippen molar-refractivity contribution in [1.29, 1.82) is 5.26 Å². The fourth-order valence-corrected chi connectivity index (χ4v) is 4.55. The number of aromatic nitrogens is 1. The van der Waals surface area contributed by atoms with E-state index in [0.717, 1.165) is 40.2 Å². The molecule has 1 aromatic heterocycles. The minimum absolute atomic E-state index is 0.264. The number of rotatable bonds is 6. The van der Waals surface area contributed by atoms with Crippen molar-refractivity contribution in [3.63, 3.8) is 0 Å². The van der Waals surface area contributed by atoms with E-state index in [1.807, 2.05) is 23.6 Å². The smallest absolute Gasteiger partial charge is 0.392 e. The molecule has 1 atom stereocenters. The number of nitrogens with zero attached hydrogens (tertiary/aromatic N) is 2. The molecule has 1 N–H and O–H groups in total. The molecule has 9 heteroatoms. The molecule has 0 radical (unpaired) electrons. The van der Waals surface area contributed by atoms with Gasteiger partial charge in [-0.2, -0.15) is 18.4 Å². The topological polar surface area (TPSA) is 67.0 Å². The largest absolute Gasteiger partial charge is 0.496 e. The summed E-state index contributed by atoms with van der Waals surface area (Å²) < 4.78 is 46.7. The van der Waals surface area contributed by atoms with Crippen molar-refractivity contribution in [2.45, 2.75) is 57.8 Å². The van der Waals surface area contributed by atoms with Crippen LogP contribution in [0.3, 0.4) is 0 Å². The molecule has 31 heavy (non-hydrogen) atoms. The first-order valence-corrected chi connectivity index (χ1v) is 10.7. The van der Waals surface area contributed by atoms with Crippen LogP contribution >= 0.6 is 15.9 Å². The Labute approximate surface area is 187 Å². The number of nitrogens with one attached hydrogen (secondary N) is 1. The number of carbonyl (C=O) groups excluding carboxylic acids is 1. The molecule has 0 spiro atoms. The zero-order valence-electron chi connectivity index (χ0n) is 17.5. The normalized spacial score (nSPS) is 14.8. The van der Waals surface area contributed by atoms with Crippen molar-refractivity contribution >= 4 is 21.8 Å². The maximum absolute atomic E-state index is 13.0. The summed E-state index contributed by atoms with van der Waals surface area (Å²) in [5.41, 5.74) is 2.08. The van der Waals surface area contributed by atoms with Crippen LogP contribution in [0.2, 0.25) is 0 Å². The van der Waals surface area contributed by atoms with E-state index in [-0.39, 0.29) is 5.69 Å². The molecule has 1 aromatic carbocycles. The maximum atomic E-state index is 13.0. The molecule has 5 nitrogen and oxygen atoms in total. The summed E-state index contributed by atoms with van der Waals surface area (Å²) in [7, 11) is 1.59. The number of carbonyl (C=O) groups is 1. The van der Waals surface area contributed by atoms with Gasteiger partial charge in [0, 0.05) is 12.1 Å². The first-order chi connectivity index (χ1) is 14.5. The Morgan fingerprint density at radius 2 is 2.06 bits per heavy atom. The van der Waals surface area contributed by atoms with Gasteiger partial charge in [0.25, 0.3) is 5.91 Å². The first kappa shape index (κ1) is 23.2. The van der Waals surface area contributed by atoms with Crippen LogP contribution in [-0.4, -0.2) is 29.3 Å². The monoisotopic (exact) mass is 497 g/mol. The highest BCUT2D eigenvalue weighted by molar-refractivity contribution is 9.10. The van der Waals surface area contributed by atoms with Crippen molar-refractivity contribution in [1.82, 2.24) is 9.88 Å². The van der Waals surface area contributed by atoms with E-state index < -0.39 is 24.0 Å². The van der Waals surface area contributed by atoms with Crippen LogP contribution in [0.15, 0.2) is 22.7 Å². The second-order valence-corrected chi connectivity index (χ2v) is 8.74. The number of ether oxygens (including phenoxy) is 1. The number of amides is 1. The molecule has 0 bridgehead atoms. The lowest BCUT2D eigenvalue weighted by Gasteiger charge is -2.26. The molecule has 0 saturated carbocycles. The van der Waals surface area contributed by atoms with E-state index in [4.69, 9.17) is 4.74 Å². The number of halogens is 4. The Bertz CT molecular complexity index is 1060. The highest BCUT2D eigenvalue weighted by atomic mass is 79.9. The Balaban J connectivity index is 2.05. The van der Waals surface area contributed by atoms with Gasteiger partial charge >= 0.3 is 6.18 Å². The van der Waals surface area contributed by atoms with E-state index >= 15 is 0 Å². The number of alkyl halides is 3. The summed E-state index contributed by atoms with van der Waals surface area (Å²) >= 11 is 3.51. The number of aryl methyl sites for hydroxylation is 2. The molecule has 1 aliphatic heterocycles. The molecular formula is C22H23BrF3N3O2. The molecule has 2 aromatic rings. The van der Waals surface area contributed by atoms with Crippen LogP contribution in [0.4, 0.5) is 13.2 Å². The third-order valence-corrected chi connectivity index (χ3v) is 5.98. The van der Waals surface area contributed by atoms with Gasteiger partial charge in [-0.3, -0.25) is 4.79 Å². The Morgan fingerprint density at radius 3 is 2.65 bits per heavy atom.